The highest BCUT2D eigenvalue weighted by Crippen LogP contribution is 2.11. The zero-order valence-electron chi connectivity index (χ0n) is 9.75. The van der Waals surface area contributed by atoms with Gasteiger partial charge >= 0.3 is 5.97 Å². The third-order valence-corrected chi connectivity index (χ3v) is 3.52. The van der Waals surface area contributed by atoms with Crippen LogP contribution in [-0.4, -0.2) is 28.0 Å². The number of halogens is 1. The Balaban J connectivity index is 0.00000289. The summed E-state index contributed by atoms with van der Waals surface area (Å²) in [5, 5.41) is 0. The summed E-state index contributed by atoms with van der Waals surface area (Å²) in [5.41, 5.74) is 5.94. The number of hydrogen-bond acceptors (Lipinski definition) is 5. The molecule has 102 valence electrons. The van der Waals surface area contributed by atoms with Gasteiger partial charge in [-0.05, 0) is 24.3 Å². The summed E-state index contributed by atoms with van der Waals surface area (Å²) in [6, 6.07) is 5.79. The lowest BCUT2D eigenvalue weighted by atomic mass is 10.3. The number of rotatable bonds is 5. The Hall–Kier alpha value is -1.31. The van der Waals surface area contributed by atoms with Gasteiger partial charge in [-0.3, -0.25) is 4.79 Å². The second-order valence-corrected chi connectivity index (χ2v) is 5.06. The number of esters is 1. The van der Waals surface area contributed by atoms with Crippen LogP contribution in [-0.2, 0) is 19.6 Å². The molecule has 0 amide bonds. The van der Waals surface area contributed by atoms with E-state index in [1.165, 1.54) is 31.4 Å². The Morgan fingerprint density at radius 2 is 1.89 bits per heavy atom. The number of hydrogen-bond donors (Lipinski definition) is 2. The molecule has 0 bridgehead atoms. The minimum absolute atomic E-state index is 0. The van der Waals surface area contributed by atoms with E-state index in [0.29, 0.717) is 5.69 Å². The highest BCUT2D eigenvalue weighted by Gasteiger charge is 2.13. The van der Waals surface area contributed by atoms with Gasteiger partial charge in [0.05, 0.1) is 18.4 Å². The van der Waals surface area contributed by atoms with Crippen LogP contribution < -0.4 is 10.5 Å². The smallest absolute Gasteiger partial charge is 0.306 e. The molecular formula is C10H15ClN2O4S. The first kappa shape index (κ1) is 16.7. The number of sulfonamides is 1. The fourth-order valence-corrected chi connectivity index (χ4v) is 2.15. The van der Waals surface area contributed by atoms with E-state index in [0.717, 1.165) is 0 Å². The predicted molar refractivity (Wildman–Crippen MR) is 69.9 cm³/mol. The lowest BCUT2D eigenvalue weighted by Crippen LogP contribution is -2.26. The van der Waals surface area contributed by atoms with Crippen LogP contribution in [0.3, 0.4) is 0 Å². The quantitative estimate of drug-likeness (QED) is 0.610. The molecule has 0 saturated heterocycles. The van der Waals surface area contributed by atoms with Crippen molar-refractivity contribution in [1.29, 1.82) is 0 Å². The van der Waals surface area contributed by atoms with Crippen LogP contribution in [0, 0.1) is 0 Å². The van der Waals surface area contributed by atoms with Gasteiger partial charge in [0.15, 0.2) is 0 Å². The summed E-state index contributed by atoms with van der Waals surface area (Å²) in [6.45, 7) is -0.000612. The van der Waals surface area contributed by atoms with Gasteiger partial charge < -0.3 is 10.5 Å². The van der Waals surface area contributed by atoms with E-state index in [1.54, 1.807) is 0 Å². The fraction of sp³-hybridized carbons (Fsp3) is 0.300. The molecule has 1 rings (SSSR count). The Morgan fingerprint density at radius 1 is 1.33 bits per heavy atom. The second kappa shape index (κ2) is 7.20. The molecule has 0 aliphatic rings. The number of methoxy groups -OCH3 is 1. The van der Waals surface area contributed by atoms with Crippen LogP contribution >= 0.6 is 12.4 Å². The molecule has 0 spiro atoms. The van der Waals surface area contributed by atoms with Crippen molar-refractivity contribution in [3.63, 3.8) is 0 Å². The van der Waals surface area contributed by atoms with Gasteiger partial charge in [0, 0.05) is 12.2 Å². The van der Waals surface area contributed by atoms with Gasteiger partial charge in [-0.25, -0.2) is 13.1 Å². The lowest BCUT2D eigenvalue weighted by Gasteiger charge is -2.06. The van der Waals surface area contributed by atoms with Crippen LogP contribution in [0.2, 0.25) is 0 Å². The standard InChI is InChI=1S/C10H14N2O4S.ClH/c1-16-10(13)6-7-12-17(14,15)9-4-2-8(11)3-5-9;/h2-5,12H,6-7,11H2,1H3;1H. The summed E-state index contributed by atoms with van der Waals surface area (Å²) in [5.74, 6) is -0.468. The molecule has 0 unspecified atom stereocenters. The van der Waals surface area contributed by atoms with Gasteiger partial charge in [-0.15, -0.1) is 12.4 Å². The molecule has 0 aliphatic heterocycles. The largest absolute Gasteiger partial charge is 0.469 e. The molecule has 1 aromatic carbocycles. The molecule has 0 aromatic heterocycles. The van der Waals surface area contributed by atoms with Gasteiger partial charge in [0.1, 0.15) is 0 Å². The maximum atomic E-state index is 11.7. The molecular weight excluding hydrogens is 280 g/mol. The number of benzene rings is 1. The van der Waals surface area contributed by atoms with E-state index in [4.69, 9.17) is 5.73 Å². The van der Waals surface area contributed by atoms with Crippen molar-refractivity contribution in [2.45, 2.75) is 11.3 Å². The highest BCUT2D eigenvalue weighted by atomic mass is 35.5. The summed E-state index contributed by atoms with van der Waals surface area (Å²) >= 11 is 0. The number of nitrogens with one attached hydrogen (secondary N) is 1. The van der Waals surface area contributed by atoms with Crippen LogP contribution in [0.4, 0.5) is 5.69 Å². The van der Waals surface area contributed by atoms with Gasteiger partial charge in [-0.2, -0.15) is 0 Å². The van der Waals surface area contributed by atoms with E-state index in [-0.39, 0.29) is 30.3 Å². The Morgan fingerprint density at radius 3 is 2.39 bits per heavy atom. The van der Waals surface area contributed by atoms with Crippen molar-refractivity contribution in [1.82, 2.24) is 4.72 Å². The SMILES string of the molecule is COC(=O)CCNS(=O)(=O)c1ccc(N)cc1.Cl. The zero-order chi connectivity index (χ0) is 12.9. The molecule has 0 saturated carbocycles. The van der Waals surface area contributed by atoms with Crippen LogP contribution in [0.1, 0.15) is 6.42 Å². The van der Waals surface area contributed by atoms with Crippen molar-refractivity contribution < 1.29 is 17.9 Å². The van der Waals surface area contributed by atoms with Crippen LogP contribution in [0.15, 0.2) is 29.2 Å². The van der Waals surface area contributed by atoms with Gasteiger partial charge in [0.25, 0.3) is 0 Å². The Labute approximate surface area is 112 Å². The molecule has 1 aromatic rings. The van der Waals surface area contributed by atoms with Crippen molar-refractivity contribution in [3.8, 4) is 0 Å². The average molecular weight is 295 g/mol. The van der Waals surface area contributed by atoms with E-state index in [1.807, 2.05) is 0 Å². The first-order chi connectivity index (χ1) is 7.95. The third kappa shape index (κ3) is 4.91. The molecule has 0 fully saturated rings. The van der Waals surface area contributed by atoms with Crippen molar-refractivity contribution in [2.75, 3.05) is 19.4 Å². The Kier molecular flexibility index (Phi) is 6.67. The topological polar surface area (TPSA) is 98.5 Å². The number of carbonyl (C=O) groups excluding carboxylic acids is 1. The molecule has 3 N–H and O–H groups in total. The minimum Gasteiger partial charge on any atom is -0.469 e. The van der Waals surface area contributed by atoms with Crippen LogP contribution in [0.25, 0.3) is 0 Å². The summed E-state index contributed by atoms with van der Waals surface area (Å²) in [7, 11) is -2.35. The van der Waals surface area contributed by atoms with E-state index in [2.05, 4.69) is 9.46 Å². The first-order valence-electron chi connectivity index (χ1n) is 4.88. The maximum absolute atomic E-state index is 11.7. The first-order valence-corrected chi connectivity index (χ1v) is 6.36. The maximum Gasteiger partial charge on any atom is 0.306 e. The molecule has 6 nitrogen and oxygen atoms in total. The molecule has 0 aliphatic carbocycles. The second-order valence-electron chi connectivity index (χ2n) is 3.29. The highest BCUT2D eigenvalue weighted by molar-refractivity contribution is 7.89. The number of nitrogens with two attached hydrogens (primary N) is 1. The normalized spacial score (nSPS) is 10.5. The van der Waals surface area contributed by atoms with Gasteiger partial charge in [-0.1, -0.05) is 0 Å². The van der Waals surface area contributed by atoms with Crippen molar-refractivity contribution >= 4 is 34.1 Å². The molecule has 0 heterocycles. The summed E-state index contributed by atoms with van der Waals surface area (Å²) in [4.78, 5) is 10.9. The average Bonchev–Trinajstić information content (AvgIpc) is 2.29. The third-order valence-electron chi connectivity index (χ3n) is 2.04. The molecule has 18 heavy (non-hydrogen) atoms. The van der Waals surface area contributed by atoms with Gasteiger partial charge in [0.2, 0.25) is 10.0 Å². The molecule has 0 atom stereocenters. The fourth-order valence-electron chi connectivity index (χ4n) is 1.12. The zero-order valence-corrected chi connectivity index (χ0v) is 11.4. The number of nitrogen functional groups attached to an aromatic ring is 1. The minimum atomic E-state index is -3.59. The number of anilines is 1. The van der Waals surface area contributed by atoms with Crippen LogP contribution in [0.5, 0.6) is 0 Å². The summed E-state index contributed by atoms with van der Waals surface area (Å²) in [6.07, 6.45) is -0.00922. The van der Waals surface area contributed by atoms with E-state index < -0.39 is 16.0 Å². The van der Waals surface area contributed by atoms with E-state index >= 15 is 0 Å². The number of carbonyl (C=O) groups is 1. The summed E-state index contributed by atoms with van der Waals surface area (Å²) < 4.78 is 30.1. The van der Waals surface area contributed by atoms with Crippen molar-refractivity contribution in [2.24, 2.45) is 0 Å². The predicted octanol–water partition coefficient (Wildman–Crippen LogP) is 0.532. The number of ether oxygens (including phenoxy) is 1. The molecule has 0 radical (unpaired) electrons. The molecule has 8 heteroatoms. The monoisotopic (exact) mass is 294 g/mol. The Bertz CT molecular complexity index is 487. The lowest BCUT2D eigenvalue weighted by molar-refractivity contribution is -0.140. The van der Waals surface area contributed by atoms with Crippen molar-refractivity contribution in [3.05, 3.63) is 24.3 Å². The van der Waals surface area contributed by atoms with E-state index in [9.17, 15) is 13.2 Å².